The van der Waals surface area contributed by atoms with E-state index in [0.717, 1.165) is 10.0 Å². The minimum atomic E-state index is -1.45. The monoisotopic (exact) mass is 517 g/mol. The van der Waals surface area contributed by atoms with Gasteiger partial charge in [0.1, 0.15) is 11.2 Å². The zero-order chi connectivity index (χ0) is 22.3. The van der Waals surface area contributed by atoms with Crippen LogP contribution in [0.25, 0.3) is 0 Å². The molecule has 0 aliphatic carbocycles. The van der Waals surface area contributed by atoms with Crippen LogP contribution in [-0.2, 0) is 16.8 Å². The maximum Gasteiger partial charge on any atom is 0.245 e. The predicted molar refractivity (Wildman–Crippen MR) is 126 cm³/mol. The lowest BCUT2D eigenvalue weighted by molar-refractivity contribution is -0.122. The number of rotatable bonds is 4. The molecule has 158 valence electrons. The molecule has 4 nitrogen and oxygen atoms in total. The minimum absolute atomic E-state index is 0.219. The van der Waals surface area contributed by atoms with Gasteiger partial charge >= 0.3 is 0 Å². The SMILES string of the molecule is COc1ccc(C2(C)C(=O)c3c(Cl)cc(Cl)cc3N(Cc3ccccc3Br)C2=O)cc1. The first-order chi connectivity index (χ1) is 14.8. The number of ether oxygens (including phenoxy) is 1. The van der Waals surface area contributed by atoms with E-state index in [0.29, 0.717) is 22.0 Å². The molecular formula is C24H18BrCl2NO3. The Kier molecular flexibility index (Phi) is 5.86. The zero-order valence-electron chi connectivity index (χ0n) is 16.8. The number of carbonyl (C=O) groups is 2. The first-order valence-corrected chi connectivity index (χ1v) is 11.1. The van der Waals surface area contributed by atoms with Crippen molar-refractivity contribution in [2.75, 3.05) is 12.0 Å². The van der Waals surface area contributed by atoms with Crippen LogP contribution in [0.4, 0.5) is 5.69 Å². The molecule has 3 aromatic carbocycles. The van der Waals surface area contributed by atoms with Gasteiger partial charge in [-0.2, -0.15) is 0 Å². The van der Waals surface area contributed by atoms with Crippen molar-refractivity contribution in [1.82, 2.24) is 0 Å². The molecular weight excluding hydrogens is 501 g/mol. The van der Waals surface area contributed by atoms with Crippen LogP contribution in [0.1, 0.15) is 28.4 Å². The number of hydrogen-bond donors (Lipinski definition) is 0. The number of fused-ring (bicyclic) bond motifs is 1. The van der Waals surface area contributed by atoms with E-state index < -0.39 is 5.41 Å². The van der Waals surface area contributed by atoms with Crippen molar-refractivity contribution < 1.29 is 14.3 Å². The molecule has 4 rings (SSSR count). The Balaban J connectivity index is 1.92. The van der Waals surface area contributed by atoms with Crippen molar-refractivity contribution >= 4 is 56.5 Å². The Morgan fingerprint density at radius 2 is 1.71 bits per heavy atom. The average molecular weight is 519 g/mol. The first-order valence-electron chi connectivity index (χ1n) is 9.51. The molecule has 1 amide bonds. The van der Waals surface area contributed by atoms with E-state index in [2.05, 4.69) is 15.9 Å². The summed E-state index contributed by atoms with van der Waals surface area (Å²) in [6.07, 6.45) is 0. The molecule has 0 saturated heterocycles. The van der Waals surface area contributed by atoms with E-state index in [4.69, 9.17) is 27.9 Å². The highest BCUT2D eigenvalue weighted by Crippen LogP contribution is 2.45. The molecule has 0 aromatic heterocycles. The van der Waals surface area contributed by atoms with E-state index in [-0.39, 0.29) is 28.8 Å². The molecule has 0 radical (unpaired) electrons. The maximum absolute atomic E-state index is 13.9. The fraction of sp³-hybridized carbons (Fsp3) is 0.167. The third kappa shape index (κ3) is 3.65. The summed E-state index contributed by atoms with van der Waals surface area (Å²) in [6, 6.07) is 17.7. The predicted octanol–water partition coefficient (Wildman–Crippen LogP) is 6.45. The average Bonchev–Trinajstić information content (AvgIpc) is 2.76. The van der Waals surface area contributed by atoms with Crippen LogP contribution >= 0.6 is 39.1 Å². The van der Waals surface area contributed by atoms with Crippen molar-refractivity contribution in [2.45, 2.75) is 18.9 Å². The van der Waals surface area contributed by atoms with Gasteiger partial charge in [0.05, 0.1) is 29.9 Å². The highest BCUT2D eigenvalue weighted by Gasteiger charge is 2.51. The second-order valence-corrected chi connectivity index (χ2v) is 9.15. The summed E-state index contributed by atoms with van der Waals surface area (Å²) in [7, 11) is 1.56. The number of methoxy groups -OCH3 is 1. The van der Waals surface area contributed by atoms with Crippen LogP contribution in [0, 0.1) is 0 Å². The summed E-state index contributed by atoms with van der Waals surface area (Å²) in [5.41, 5.74) is 0.713. The van der Waals surface area contributed by atoms with E-state index in [1.165, 1.54) is 6.07 Å². The molecule has 0 fully saturated rings. The normalized spacial score (nSPS) is 18.2. The van der Waals surface area contributed by atoms with Crippen LogP contribution in [0.3, 0.4) is 0 Å². The highest BCUT2D eigenvalue weighted by molar-refractivity contribution is 9.10. The molecule has 31 heavy (non-hydrogen) atoms. The number of anilines is 1. The number of Topliss-reactive ketones (excluding diaryl/α,β-unsaturated/α-hetero) is 1. The number of carbonyl (C=O) groups excluding carboxylic acids is 2. The van der Waals surface area contributed by atoms with Crippen molar-refractivity contribution in [3.8, 4) is 5.75 Å². The third-order valence-corrected chi connectivity index (χ3v) is 6.92. The molecule has 0 saturated carbocycles. The lowest BCUT2D eigenvalue weighted by Crippen LogP contribution is -2.54. The summed E-state index contributed by atoms with van der Waals surface area (Å²) in [4.78, 5) is 29.2. The molecule has 0 bridgehead atoms. The summed E-state index contributed by atoms with van der Waals surface area (Å²) < 4.78 is 6.09. The summed E-state index contributed by atoms with van der Waals surface area (Å²) >= 11 is 16.3. The number of hydrogen-bond acceptors (Lipinski definition) is 3. The van der Waals surface area contributed by atoms with Gasteiger partial charge in [0, 0.05) is 9.50 Å². The second kappa shape index (κ2) is 8.30. The molecule has 1 unspecified atom stereocenters. The van der Waals surface area contributed by atoms with Crippen molar-refractivity contribution in [3.05, 3.63) is 91.9 Å². The van der Waals surface area contributed by atoms with Gasteiger partial charge in [-0.1, -0.05) is 69.5 Å². The number of halogens is 3. The lowest BCUT2D eigenvalue weighted by atomic mass is 9.72. The van der Waals surface area contributed by atoms with E-state index in [9.17, 15) is 9.59 Å². The molecule has 0 spiro atoms. The minimum Gasteiger partial charge on any atom is -0.497 e. The van der Waals surface area contributed by atoms with Gasteiger partial charge in [-0.05, 0) is 48.4 Å². The lowest BCUT2D eigenvalue weighted by Gasteiger charge is -2.40. The fourth-order valence-corrected chi connectivity index (χ4v) is 4.84. The van der Waals surface area contributed by atoms with Crippen LogP contribution in [0.2, 0.25) is 10.0 Å². The Labute approximate surface area is 198 Å². The molecule has 1 aliphatic rings. The van der Waals surface area contributed by atoms with Gasteiger partial charge in [-0.25, -0.2) is 0 Å². The van der Waals surface area contributed by atoms with Crippen molar-refractivity contribution in [3.63, 3.8) is 0 Å². The summed E-state index contributed by atoms with van der Waals surface area (Å²) in [5, 5.41) is 0.575. The van der Waals surface area contributed by atoms with Gasteiger partial charge in [0.15, 0.2) is 5.78 Å². The van der Waals surface area contributed by atoms with Crippen LogP contribution in [0.15, 0.2) is 65.1 Å². The first kappa shape index (κ1) is 21.9. The Bertz CT molecular complexity index is 1200. The third-order valence-electron chi connectivity index (χ3n) is 5.63. The number of nitrogens with zero attached hydrogens (tertiary/aromatic N) is 1. The Morgan fingerprint density at radius 1 is 1.03 bits per heavy atom. The van der Waals surface area contributed by atoms with Gasteiger partial charge < -0.3 is 9.64 Å². The van der Waals surface area contributed by atoms with E-state index >= 15 is 0 Å². The fourth-order valence-electron chi connectivity index (χ4n) is 3.86. The van der Waals surface area contributed by atoms with Gasteiger partial charge in [-0.15, -0.1) is 0 Å². The topological polar surface area (TPSA) is 46.6 Å². The van der Waals surface area contributed by atoms with Crippen molar-refractivity contribution in [1.29, 1.82) is 0 Å². The molecule has 1 aliphatic heterocycles. The van der Waals surface area contributed by atoms with Crippen LogP contribution in [-0.4, -0.2) is 18.8 Å². The molecule has 1 heterocycles. The quantitative estimate of drug-likeness (QED) is 0.373. The highest BCUT2D eigenvalue weighted by atomic mass is 79.9. The smallest absolute Gasteiger partial charge is 0.245 e. The van der Waals surface area contributed by atoms with Gasteiger partial charge in [0.25, 0.3) is 0 Å². The molecule has 3 aromatic rings. The zero-order valence-corrected chi connectivity index (χ0v) is 19.9. The number of amides is 1. The van der Waals surface area contributed by atoms with E-state index in [1.54, 1.807) is 49.3 Å². The van der Waals surface area contributed by atoms with Crippen molar-refractivity contribution in [2.24, 2.45) is 0 Å². The summed E-state index contributed by atoms with van der Waals surface area (Å²) in [5.74, 6) is -0.0645. The Morgan fingerprint density at radius 3 is 2.35 bits per heavy atom. The van der Waals surface area contributed by atoms with Crippen LogP contribution in [0.5, 0.6) is 5.75 Å². The maximum atomic E-state index is 13.9. The van der Waals surface area contributed by atoms with Crippen LogP contribution < -0.4 is 9.64 Å². The number of ketones is 1. The van der Waals surface area contributed by atoms with Gasteiger partial charge in [-0.3, -0.25) is 9.59 Å². The molecule has 1 atom stereocenters. The van der Waals surface area contributed by atoms with Gasteiger partial charge in [0.2, 0.25) is 5.91 Å². The largest absolute Gasteiger partial charge is 0.497 e. The Hall–Kier alpha value is -2.34. The summed E-state index contributed by atoms with van der Waals surface area (Å²) in [6.45, 7) is 1.89. The molecule has 7 heteroatoms. The molecule has 0 N–H and O–H groups in total. The second-order valence-electron chi connectivity index (χ2n) is 7.45. The van der Waals surface area contributed by atoms with E-state index in [1.807, 2.05) is 24.3 Å². The standard InChI is InChI=1S/C24H18BrCl2NO3/c1-24(15-7-9-17(31-2)10-8-15)22(29)21-19(27)11-16(26)12-20(21)28(23(24)30)13-14-5-3-4-6-18(14)25/h3-12H,13H2,1-2H3. The number of benzene rings is 3.